The highest BCUT2D eigenvalue weighted by atomic mass is 19.4. The summed E-state index contributed by atoms with van der Waals surface area (Å²) in [5.41, 5.74) is 1.65. The van der Waals surface area contributed by atoms with Gasteiger partial charge in [0.1, 0.15) is 0 Å². The van der Waals surface area contributed by atoms with Crippen LogP contribution >= 0.6 is 0 Å². The van der Waals surface area contributed by atoms with Gasteiger partial charge >= 0.3 is 6.18 Å². The smallest absolute Gasteiger partial charge is 0.388 e. The van der Waals surface area contributed by atoms with Gasteiger partial charge in [-0.15, -0.1) is 0 Å². The van der Waals surface area contributed by atoms with Crippen LogP contribution in [0.5, 0.6) is 0 Å². The van der Waals surface area contributed by atoms with Crippen molar-refractivity contribution in [3.8, 4) is 11.1 Å². The number of rotatable bonds is 4. The van der Waals surface area contributed by atoms with E-state index in [2.05, 4.69) is 0 Å². The summed E-state index contributed by atoms with van der Waals surface area (Å²) in [6.45, 7) is 0. The van der Waals surface area contributed by atoms with Crippen LogP contribution in [-0.2, 0) is 6.18 Å². The minimum atomic E-state index is -4.33. The second-order valence-corrected chi connectivity index (χ2v) is 6.92. The average Bonchev–Trinajstić information content (AvgIpc) is 2.62. The standard InChI is InChI=1S/C21H23F3O/c22-21(23,24)17-12-10-16(11-13-17)18-8-4-5-9-19(18)20(25)14-15-6-2-1-3-7-15/h4-5,8-13,15,20,25H,1-3,6-7,14H2. The molecule has 1 atom stereocenters. The molecular weight excluding hydrogens is 325 g/mol. The van der Waals surface area contributed by atoms with Crippen LogP contribution in [-0.4, -0.2) is 5.11 Å². The predicted octanol–water partition coefficient (Wildman–Crippen LogP) is 6.38. The molecule has 0 amide bonds. The van der Waals surface area contributed by atoms with E-state index in [4.69, 9.17) is 0 Å². The minimum Gasteiger partial charge on any atom is -0.388 e. The molecule has 134 valence electrons. The van der Waals surface area contributed by atoms with Gasteiger partial charge in [0.05, 0.1) is 11.7 Å². The normalized spacial score (nSPS) is 17.4. The fourth-order valence-electron chi connectivity index (χ4n) is 3.75. The van der Waals surface area contributed by atoms with Crippen molar-refractivity contribution in [1.29, 1.82) is 0 Å². The van der Waals surface area contributed by atoms with E-state index in [1.807, 2.05) is 24.3 Å². The molecule has 0 radical (unpaired) electrons. The maximum absolute atomic E-state index is 12.8. The van der Waals surface area contributed by atoms with Crippen molar-refractivity contribution >= 4 is 0 Å². The molecule has 0 aliphatic heterocycles. The Morgan fingerprint density at radius 3 is 2.20 bits per heavy atom. The van der Waals surface area contributed by atoms with Gasteiger partial charge in [0.25, 0.3) is 0 Å². The van der Waals surface area contributed by atoms with Gasteiger partial charge in [-0.05, 0) is 41.2 Å². The molecular formula is C21H23F3O. The van der Waals surface area contributed by atoms with Crippen molar-refractivity contribution in [2.75, 3.05) is 0 Å². The second-order valence-electron chi connectivity index (χ2n) is 6.92. The Labute approximate surface area is 146 Å². The summed E-state index contributed by atoms with van der Waals surface area (Å²) in [6.07, 6.45) is 1.82. The van der Waals surface area contributed by atoms with E-state index in [1.54, 1.807) is 0 Å². The Morgan fingerprint density at radius 2 is 1.56 bits per heavy atom. The molecule has 1 unspecified atom stereocenters. The fraction of sp³-hybridized carbons (Fsp3) is 0.429. The topological polar surface area (TPSA) is 20.2 Å². The van der Waals surface area contributed by atoms with Gasteiger partial charge in [-0.1, -0.05) is 68.5 Å². The van der Waals surface area contributed by atoms with E-state index in [0.29, 0.717) is 11.5 Å². The molecule has 2 aromatic rings. The van der Waals surface area contributed by atoms with E-state index < -0.39 is 17.8 Å². The summed E-state index contributed by atoms with van der Waals surface area (Å²) in [5.74, 6) is 0.532. The first-order chi connectivity index (χ1) is 11.9. The molecule has 1 saturated carbocycles. The maximum Gasteiger partial charge on any atom is 0.416 e. The zero-order chi connectivity index (χ0) is 17.9. The summed E-state index contributed by atoms with van der Waals surface area (Å²) < 4.78 is 38.3. The highest BCUT2D eigenvalue weighted by Gasteiger charge is 2.30. The first kappa shape index (κ1) is 18.0. The minimum absolute atomic E-state index is 0.532. The molecule has 0 spiro atoms. The van der Waals surface area contributed by atoms with Gasteiger partial charge in [-0.2, -0.15) is 13.2 Å². The Hall–Kier alpha value is -1.81. The van der Waals surface area contributed by atoms with E-state index in [9.17, 15) is 18.3 Å². The van der Waals surface area contributed by atoms with Crippen LogP contribution in [0.1, 0.15) is 55.8 Å². The van der Waals surface area contributed by atoms with Crippen LogP contribution in [0.3, 0.4) is 0 Å². The molecule has 1 aliphatic rings. The third kappa shape index (κ3) is 4.43. The highest BCUT2D eigenvalue weighted by molar-refractivity contribution is 5.68. The quantitative estimate of drug-likeness (QED) is 0.680. The van der Waals surface area contributed by atoms with Crippen LogP contribution in [0.15, 0.2) is 48.5 Å². The summed E-state index contributed by atoms with van der Waals surface area (Å²) in [4.78, 5) is 0. The van der Waals surface area contributed by atoms with Crippen LogP contribution in [0.2, 0.25) is 0 Å². The molecule has 1 nitrogen and oxygen atoms in total. The number of hydrogen-bond acceptors (Lipinski definition) is 1. The Morgan fingerprint density at radius 1 is 0.920 bits per heavy atom. The summed E-state index contributed by atoms with van der Waals surface area (Å²) in [5, 5.41) is 10.7. The maximum atomic E-state index is 12.8. The summed E-state index contributed by atoms with van der Waals surface area (Å²) in [6, 6.07) is 12.6. The highest BCUT2D eigenvalue weighted by Crippen LogP contribution is 2.36. The molecule has 25 heavy (non-hydrogen) atoms. The molecule has 4 heteroatoms. The molecule has 1 aliphatic carbocycles. The second kappa shape index (κ2) is 7.61. The summed E-state index contributed by atoms with van der Waals surface area (Å²) >= 11 is 0. The lowest BCUT2D eigenvalue weighted by Crippen LogP contribution is -2.11. The molecule has 1 fully saturated rings. The number of aliphatic hydroxyl groups excluding tert-OH is 1. The van der Waals surface area contributed by atoms with Crippen LogP contribution in [0, 0.1) is 5.92 Å². The number of alkyl halides is 3. The van der Waals surface area contributed by atoms with Crippen molar-refractivity contribution in [1.82, 2.24) is 0 Å². The molecule has 3 rings (SSSR count). The lowest BCUT2D eigenvalue weighted by atomic mass is 9.83. The first-order valence-electron chi connectivity index (χ1n) is 8.90. The fourth-order valence-corrected chi connectivity index (χ4v) is 3.75. The van der Waals surface area contributed by atoms with Crippen LogP contribution in [0.25, 0.3) is 11.1 Å². The molecule has 2 aromatic carbocycles. The Kier molecular flexibility index (Phi) is 5.48. The lowest BCUT2D eigenvalue weighted by molar-refractivity contribution is -0.137. The molecule has 0 saturated heterocycles. The Bertz CT molecular complexity index is 685. The van der Waals surface area contributed by atoms with Gasteiger partial charge < -0.3 is 5.11 Å². The monoisotopic (exact) mass is 348 g/mol. The van der Waals surface area contributed by atoms with Gasteiger partial charge in [0.15, 0.2) is 0 Å². The van der Waals surface area contributed by atoms with E-state index in [0.717, 1.165) is 42.5 Å². The third-order valence-electron chi connectivity index (χ3n) is 5.12. The number of halogens is 3. The van der Waals surface area contributed by atoms with Gasteiger partial charge in [0.2, 0.25) is 0 Å². The van der Waals surface area contributed by atoms with Crippen molar-refractivity contribution < 1.29 is 18.3 Å². The average molecular weight is 348 g/mol. The lowest BCUT2D eigenvalue weighted by Gasteiger charge is -2.25. The number of hydrogen-bond donors (Lipinski definition) is 1. The third-order valence-corrected chi connectivity index (χ3v) is 5.12. The number of aliphatic hydroxyl groups is 1. The zero-order valence-corrected chi connectivity index (χ0v) is 14.1. The van der Waals surface area contributed by atoms with Crippen molar-refractivity contribution in [2.24, 2.45) is 5.92 Å². The largest absolute Gasteiger partial charge is 0.416 e. The van der Waals surface area contributed by atoms with E-state index in [1.165, 1.54) is 31.4 Å². The van der Waals surface area contributed by atoms with Crippen molar-refractivity contribution in [3.63, 3.8) is 0 Å². The van der Waals surface area contributed by atoms with Crippen LogP contribution < -0.4 is 0 Å². The molecule has 0 heterocycles. The number of benzene rings is 2. The van der Waals surface area contributed by atoms with Gasteiger partial charge in [0, 0.05) is 0 Å². The SMILES string of the molecule is OC(CC1CCCCC1)c1ccccc1-c1ccc(C(F)(F)F)cc1. The summed E-state index contributed by atoms with van der Waals surface area (Å²) in [7, 11) is 0. The molecule has 0 aromatic heterocycles. The first-order valence-corrected chi connectivity index (χ1v) is 8.90. The zero-order valence-electron chi connectivity index (χ0n) is 14.1. The van der Waals surface area contributed by atoms with Gasteiger partial charge in [-0.25, -0.2) is 0 Å². The van der Waals surface area contributed by atoms with Crippen molar-refractivity contribution in [3.05, 3.63) is 59.7 Å². The van der Waals surface area contributed by atoms with Crippen LogP contribution in [0.4, 0.5) is 13.2 Å². The van der Waals surface area contributed by atoms with E-state index in [-0.39, 0.29) is 0 Å². The molecule has 0 bridgehead atoms. The van der Waals surface area contributed by atoms with Gasteiger partial charge in [-0.3, -0.25) is 0 Å². The predicted molar refractivity (Wildman–Crippen MR) is 93.0 cm³/mol. The Balaban J connectivity index is 1.82. The van der Waals surface area contributed by atoms with Crippen molar-refractivity contribution in [2.45, 2.75) is 50.8 Å². The molecule has 1 N–H and O–H groups in total. The van der Waals surface area contributed by atoms with E-state index >= 15 is 0 Å².